The molecule has 1 heterocycles. The molecular weight excluding hydrogens is 256 g/mol. The van der Waals surface area contributed by atoms with Crippen LogP contribution in [0, 0.1) is 5.92 Å². The number of carbonyl (C=O) groups excluding carboxylic acids is 1. The van der Waals surface area contributed by atoms with E-state index in [4.69, 9.17) is 15.2 Å². The van der Waals surface area contributed by atoms with Crippen molar-refractivity contribution in [3.8, 4) is 0 Å². The van der Waals surface area contributed by atoms with E-state index in [0.717, 1.165) is 11.3 Å². The van der Waals surface area contributed by atoms with E-state index in [0.29, 0.717) is 25.6 Å². The summed E-state index contributed by atoms with van der Waals surface area (Å²) in [5.41, 5.74) is 7.60. The summed E-state index contributed by atoms with van der Waals surface area (Å²) in [6.07, 6.45) is 0.0444. The van der Waals surface area contributed by atoms with Crippen LogP contribution in [0.4, 0.5) is 5.69 Å². The largest absolute Gasteiger partial charge is 0.346 e. The highest BCUT2D eigenvalue weighted by molar-refractivity contribution is 5.91. The van der Waals surface area contributed by atoms with E-state index in [1.165, 1.54) is 0 Å². The van der Waals surface area contributed by atoms with Gasteiger partial charge in [-0.1, -0.05) is 26.0 Å². The second-order valence-electron chi connectivity index (χ2n) is 5.36. The maximum atomic E-state index is 11.8. The van der Waals surface area contributed by atoms with Crippen LogP contribution >= 0.6 is 0 Å². The number of hydrogen-bond donors (Lipinski definition) is 2. The summed E-state index contributed by atoms with van der Waals surface area (Å²) in [4.78, 5) is 11.8. The lowest BCUT2D eigenvalue weighted by Gasteiger charge is -2.15. The zero-order valence-electron chi connectivity index (χ0n) is 12.0. The molecule has 0 spiro atoms. The summed E-state index contributed by atoms with van der Waals surface area (Å²) < 4.78 is 10.8. The topological polar surface area (TPSA) is 73.6 Å². The minimum atomic E-state index is -0.283. The van der Waals surface area contributed by atoms with Crippen LogP contribution in [0.5, 0.6) is 0 Å². The predicted octanol–water partition coefficient (Wildman–Crippen LogP) is 2.04. The molecule has 1 aliphatic rings. The van der Waals surface area contributed by atoms with Crippen LogP contribution in [0.2, 0.25) is 0 Å². The molecule has 1 aromatic rings. The van der Waals surface area contributed by atoms with Crippen LogP contribution in [-0.4, -0.2) is 25.2 Å². The molecule has 0 saturated carbocycles. The van der Waals surface area contributed by atoms with E-state index in [1.54, 1.807) is 0 Å². The molecule has 1 atom stereocenters. The molecule has 5 heteroatoms. The van der Waals surface area contributed by atoms with Gasteiger partial charge in [0.15, 0.2) is 6.29 Å². The zero-order valence-corrected chi connectivity index (χ0v) is 12.0. The van der Waals surface area contributed by atoms with Crippen molar-refractivity contribution in [3.05, 3.63) is 29.8 Å². The van der Waals surface area contributed by atoms with Crippen molar-refractivity contribution in [2.24, 2.45) is 11.7 Å². The summed E-state index contributed by atoms with van der Waals surface area (Å²) in [5.74, 6) is 0.229. The minimum Gasteiger partial charge on any atom is -0.346 e. The SMILES string of the molecule is CC(C)C(N)CC(=O)Nc1ccc(C2OCCO2)cc1. The molecule has 5 nitrogen and oxygen atoms in total. The average molecular weight is 278 g/mol. The van der Waals surface area contributed by atoms with E-state index < -0.39 is 0 Å². The monoisotopic (exact) mass is 278 g/mol. The highest BCUT2D eigenvalue weighted by Crippen LogP contribution is 2.24. The van der Waals surface area contributed by atoms with Crippen molar-refractivity contribution in [1.82, 2.24) is 0 Å². The Balaban J connectivity index is 1.88. The first kappa shape index (κ1) is 15.0. The van der Waals surface area contributed by atoms with Gasteiger partial charge in [0.1, 0.15) is 0 Å². The van der Waals surface area contributed by atoms with E-state index in [1.807, 2.05) is 38.1 Å². The van der Waals surface area contributed by atoms with Gasteiger partial charge >= 0.3 is 0 Å². The highest BCUT2D eigenvalue weighted by atomic mass is 16.7. The Morgan fingerprint density at radius 2 is 1.90 bits per heavy atom. The van der Waals surface area contributed by atoms with Crippen LogP contribution in [0.1, 0.15) is 32.1 Å². The number of amides is 1. The molecule has 2 rings (SSSR count). The van der Waals surface area contributed by atoms with Crippen molar-refractivity contribution < 1.29 is 14.3 Å². The molecule has 1 amide bonds. The molecule has 1 aliphatic heterocycles. The normalized spacial score (nSPS) is 17.4. The Hall–Kier alpha value is -1.43. The van der Waals surface area contributed by atoms with Crippen LogP contribution < -0.4 is 11.1 Å². The molecule has 1 saturated heterocycles. The van der Waals surface area contributed by atoms with Gasteiger partial charge in [-0.05, 0) is 18.1 Å². The molecule has 1 fully saturated rings. The number of rotatable bonds is 5. The van der Waals surface area contributed by atoms with E-state index in [-0.39, 0.29) is 18.2 Å². The smallest absolute Gasteiger partial charge is 0.225 e. The number of carbonyl (C=O) groups is 1. The van der Waals surface area contributed by atoms with Gasteiger partial charge in [0.05, 0.1) is 13.2 Å². The fourth-order valence-electron chi connectivity index (χ4n) is 1.94. The number of anilines is 1. The lowest BCUT2D eigenvalue weighted by molar-refractivity contribution is -0.116. The number of nitrogens with one attached hydrogen (secondary N) is 1. The predicted molar refractivity (Wildman–Crippen MR) is 77.1 cm³/mol. The van der Waals surface area contributed by atoms with E-state index in [9.17, 15) is 4.79 Å². The van der Waals surface area contributed by atoms with Gasteiger partial charge in [-0.25, -0.2) is 0 Å². The summed E-state index contributed by atoms with van der Waals surface area (Å²) in [5, 5.41) is 2.84. The Morgan fingerprint density at radius 3 is 2.45 bits per heavy atom. The minimum absolute atomic E-state index is 0.0627. The average Bonchev–Trinajstić information content (AvgIpc) is 2.93. The van der Waals surface area contributed by atoms with Gasteiger partial charge < -0.3 is 20.5 Å². The van der Waals surface area contributed by atoms with Gasteiger partial charge in [0, 0.05) is 23.7 Å². The third kappa shape index (κ3) is 4.03. The standard InChI is InChI=1S/C15H22N2O3/c1-10(2)13(16)9-14(18)17-12-5-3-11(4-6-12)15-19-7-8-20-15/h3-6,10,13,15H,7-9,16H2,1-2H3,(H,17,18). The Bertz CT molecular complexity index is 439. The fourth-order valence-corrected chi connectivity index (χ4v) is 1.94. The zero-order chi connectivity index (χ0) is 14.5. The van der Waals surface area contributed by atoms with Gasteiger partial charge in [0.25, 0.3) is 0 Å². The number of benzene rings is 1. The van der Waals surface area contributed by atoms with Gasteiger partial charge in [-0.3, -0.25) is 4.79 Å². The van der Waals surface area contributed by atoms with Gasteiger partial charge in [0.2, 0.25) is 5.91 Å². The van der Waals surface area contributed by atoms with Crippen LogP contribution in [0.15, 0.2) is 24.3 Å². The van der Waals surface area contributed by atoms with Crippen molar-refractivity contribution >= 4 is 11.6 Å². The van der Waals surface area contributed by atoms with Crippen molar-refractivity contribution in [2.75, 3.05) is 18.5 Å². The Kier molecular flexibility index (Phi) is 5.11. The highest BCUT2D eigenvalue weighted by Gasteiger charge is 2.18. The first-order valence-electron chi connectivity index (χ1n) is 6.95. The van der Waals surface area contributed by atoms with E-state index in [2.05, 4.69) is 5.32 Å². The molecule has 1 aromatic carbocycles. The van der Waals surface area contributed by atoms with Crippen LogP contribution in [0.25, 0.3) is 0 Å². The summed E-state index contributed by atoms with van der Waals surface area (Å²) in [6.45, 7) is 5.26. The molecule has 0 aliphatic carbocycles. The molecular formula is C15H22N2O3. The Labute approximate surface area is 119 Å². The molecule has 0 aromatic heterocycles. The molecule has 0 radical (unpaired) electrons. The van der Waals surface area contributed by atoms with Crippen LogP contribution in [-0.2, 0) is 14.3 Å². The number of ether oxygens (including phenoxy) is 2. The van der Waals surface area contributed by atoms with Gasteiger partial charge in [-0.2, -0.15) is 0 Å². The third-order valence-corrected chi connectivity index (χ3v) is 3.37. The second-order valence-corrected chi connectivity index (χ2v) is 5.36. The molecule has 20 heavy (non-hydrogen) atoms. The third-order valence-electron chi connectivity index (χ3n) is 3.37. The molecule has 1 unspecified atom stereocenters. The lowest BCUT2D eigenvalue weighted by Crippen LogP contribution is -2.31. The molecule has 3 N–H and O–H groups in total. The van der Waals surface area contributed by atoms with Crippen LogP contribution in [0.3, 0.4) is 0 Å². The lowest BCUT2D eigenvalue weighted by atomic mass is 10.0. The second kappa shape index (κ2) is 6.83. The summed E-state index contributed by atoms with van der Waals surface area (Å²) >= 11 is 0. The number of nitrogens with two attached hydrogens (primary N) is 1. The quantitative estimate of drug-likeness (QED) is 0.864. The van der Waals surface area contributed by atoms with Crippen molar-refractivity contribution in [1.29, 1.82) is 0 Å². The Morgan fingerprint density at radius 1 is 1.30 bits per heavy atom. The maximum Gasteiger partial charge on any atom is 0.225 e. The number of hydrogen-bond acceptors (Lipinski definition) is 4. The first-order chi connectivity index (χ1) is 9.56. The summed E-state index contributed by atoms with van der Waals surface area (Å²) in [7, 11) is 0. The summed E-state index contributed by atoms with van der Waals surface area (Å²) in [6, 6.07) is 7.37. The van der Waals surface area contributed by atoms with Gasteiger partial charge in [-0.15, -0.1) is 0 Å². The maximum absolute atomic E-state index is 11.8. The molecule has 0 bridgehead atoms. The first-order valence-corrected chi connectivity index (χ1v) is 6.95. The van der Waals surface area contributed by atoms with Crippen molar-refractivity contribution in [3.63, 3.8) is 0 Å². The molecule has 110 valence electrons. The van der Waals surface area contributed by atoms with E-state index >= 15 is 0 Å². The van der Waals surface area contributed by atoms with Crippen molar-refractivity contribution in [2.45, 2.75) is 32.6 Å². The fraction of sp³-hybridized carbons (Fsp3) is 0.533.